The van der Waals surface area contributed by atoms with Gasteiger partial charge >= 0.3 is 6.18 Å². The van der Waals surface area contributed by atoms with Crippen molar-refractivity contribution in [2.24, 2.45) is 0 Å². The maximum Gasteiger partial charge on any atom is 0.435 e. The van der Waals surface area contributed by atoms with E-state index in [1.54, 1.807) is 36.5 Å². The van der Waals surface area contributed by atoms with Gasteiger partial charge in [0.2, 0.25) is 5.72 Å². The minimum Gasteiger partial charge on any atom is -0.364 e. The molecule has 154 valence electrons. The lowest BCUT2D eigenvalue weighted by Crippen LogP contribution is -2.54. The number of H-pyrrole nitrogens is 1. The number of aliphatic hydroxyl groups is 1. The Hall–Kier alpha value is -2.82. The minimum absolute atomic E-state index is 0.0297. The topological polar surface area (TPSA) is 63.0 Å². The van der Waals surface area contributed by atoms with Crippen LogP contribution in [0.1, 0.15) is 52.1 Å². The van der Waals surface area contributed by atoms with Crippen LogP contribution in [-0.4, -0.2) is 21.2 Å². The van der Waals surface area contributed by atoms with Crippen LogP contribution in [0.2, 0.25) is 0 Å². The first-order chi connectivity index (χ1) is 14.2. The third kappa shape index (κ3) is 2.68. The number of halogens is 3. The number of hydrogen-bond donors (Lipinski definition) is 2. The molecule has 1 aliphatic carbocycles. The number of nitriles is 1. The summed E-state index contributed by atoms with van der Waals surface area (Å²) in [5, 5.41) is 21.0. The van der Waals surface area contributed by atoms with Gasteiger partial charge in [-0.2, -0.15) is 18.4 Å². The molecule has 1 atom stereocenters. The van der Waals surface area contributed by atoms with Gasteiger partial charge in [-0.15, -0.1) is 0 Å². The van der Waals surface area contributed by atoms with Crippen LogP contribution in [0.5, 0.6) is 0 Å². The summed E-state index contributed by atoms with van der Waals surface area (Å²) in [4.78, 5) is 4.11. The van der Waals surface area contributed by atoms with Gasteiger partial charge in [-0.1, -0.05) is 12.1 Å². The van der Waals surface area contributed by atoms with E-state index in [4.69, 9.17) is 5.26 Å². The third-order valence-corrected chi connectivity index (χ3v) is 6.35. The Kier molecular flexibility index (Phi) is 4.05. The third-order valence-electron chi connectivity index (χ3n) is 6.35. The van der Waals surface area contributed by atoms with E-state index in [1.165, 1.54) is 0 Å². The van der Waals surface area contributed by atoms with Gasteiger partial charge in [0.25, 0.3) is 0 Å². The van der Waals surface area contributed by atoms with E-state index in [-0.39, 0.29) is 24.6 Å². The van der Waals surface area contributed by atoms with Crippen molar-refractivity contribution in [1.82, 2.24) is 9.88 Å². The molecule has 30 heavy (non-hydrogen) atoms. The zero-order valence-electron chi connectivity index (χ0n) is 16.3. The average molecular weight is 411 g/mol. The number of alkyl halides is 3. The highest BCUT2D eigenvalue weighted by molar-refractivity contribution is 5.88. The Morgan fingerprint density at radius 1 is 1.13 bits per heavy atom. The normalized spacial score (nSPS) is 18.9. The Labute approximate surface area is 171 Å². The standard InChI is InChI=1S/C23H20F3N3O/c1-13-8-19(15-4-5-15)20(18-6-7-28-21(13)18)22(30,23(24,25)26)29-11-16-3-2-14(10-27)9-17(16)12-29/h2-3,6-9,15,28,30H,4-5,11-12H2,1H3. The molecule has 1 fully saturated rings. The van der Waals surface area contributed by atoms with Crippen LogP contribution in [-0.2, 0) is 18.8 Å². The summed E-state index contributed by atoms with van der Waals surface area (Å²) < 4.78 is 44.0. The summed E-state index contributed by atoms with van der Waals surface area (Å²) in [6, 6.07) is 10.3. The van der Waals surface area contributed by atoms with Gasteiger partial charge in [-0.25, -0.2) is 0 Å². The SMILES string of the molecule is Cc1cc(C2CC2)c(C(O)(N2Cc3ccc(C#N)cc3C2)C(F)(F)F)c2cc[nH]c12. The highest BCUT2D eigenvalue weighted by Crippen LogP contribution is 2.53. The fraction of sp³-hybridized carbons (Fsp3) is 0.348. The van der Waals surface area contributed by atoms with Crippen LogP contribution in [0.3, 0.4) is 0 Å². The van der Waals surface area contributed by atoms with Crippen LogP contribution in [0.15, 0.2) is 36.5 Å². The van der Waals surface area contributed by atoms with Crippen molar-refractivity contribution in [3.05, 3.63) is 69.9 Å². The first-order valence-corrected chi connectivity index (χ1v) is 9.91. The Morgan fingerprint density at radius 2 is 1.87 bits per heavy atom. The summed E-state index contributed by atoms with van der Waals surface area (Å²) in [5.41, 5.74) is 0.595. The second-order valence-electron chi connectivity index (χ2n) is 8.32. The zero-order valence-corrected chi connectivity index (χ0v) is 16.3. The van der Waals surface area contributed by atoms with E-state index in [0.29, 0.717) is 33.2 Å². The lowest BCUT2D eigenvalue weighted by molar-refractivity contribution is -0.327. The summed E-state index contributed by atoms with van der Waals surface area (Å²) >= 11 is 0. The lowest BCUT2D eigenvalue weighted by atomic mass is 9.87. The van der Waals surface area contributed by atoms with Crippen molar-refractivity contribution < 1.29 is 18.3 Å². The van der Waals surface area contributed by atoms with E-state index in [0.717, 1.165) is 23.3 Å². The molecular formula is C23H20F3N3O. The predicted octanol–water partition coefficient (Wildman–Crippen LogP) is 4.95. The number of nitrogens with zero attached hydrogens (tertiary/aromatic N) is 2. The first kappa shape index (κ1) is 19.2. The van der Waals surface area contributed by atoms with Crippen LogP contribution in [0, 0.1) is 18.3 Å². The number of aromatic nitrogens is 1. The molecule has 2 aliphatic rings. The maximum atomic E-state index is 14.7. The molecule has 2 heterocycles. The van der Waals surface area contributed by atoms with Crippen molar-refractivity contribution in [3.63, 3.8) is 0 Å². The molecular weight excluding hydrogens is 391 g/mol. The van der Waals surface area contributed by atoms with Crippen LogP contribution in [0.25, 0.3) is 10.9 Å². The van der Waals surface area contributed by atoms with Gasteiger partial charge in [-0.3, -0.25) is 4.90 Å². The molecule has 3 aromatic rings. The predicted molar refractivity (Wildman–Crippen MR) is 105 cm³/mol. The average Bonchev–Trinajstić information content (AvgIpc) is 3.26. The van der Waals surface area contributed by atoms with E-state index in [2.05, 4.69) is 4.98 Å². The Morgan fingerprint density at radius 3 is 2.53 bits per heavy atom. The van der Waals surface area contributed by atoms with E-state index in [9.17, 15) is 18.3 Å². The fourth-order valence-corrected chi connectivity index (χ4v) is 4.71. The molecule has 0 amide bonds. The van der Waals surface area contributed by atoms with Gasteiger partial charge in [0.15, 0.2) is 0 Å². The monoisotopic (exact) mass is 411 g/mol. The Balaban J connectivity index is 1.72. The number of rotatable bonds is 3. The molecule has 1 saturated carbocycles. The van der Waals surface area contributed by atoms with Crippen molar-refractivity contribution >= 4 is 10.9 Å². The van der Waals surface area contributed by atoms with E-state index < -0.39 is 11.9 Å². The van der Waals surface area contributed by atoms with Crippen LogP contribution >= 0.6 is 0 Å². The molecule has 0 bridgehead atoms. The van der Waals surface area contributed by atoms with Crippen LogP contribution in [0.4, 0.5) is 13.2 Å². The molecule has 2 aromatic carbocycles. The fourth-order valence-electron chi connectivity index (χ4n) is 4.71. The van der Waals surface area contributed by atoms with Crippen molar-refractivity contribution in [1.29, 1.82) is 5.26 Å². The maximum absolute atomic E-state index is 14.7. The molecule has 2 N–H and O–H groups in total. The summed E-state index contributed by atoms with van der Waals surface area (Å²) in [6.45, 7) is 1.75. The molecule has 1 aliphatic heterocycles. The Bertz CT molecular complexity index is 1200. The molecule has 7 heteroatoms. The summed E-state index contributed by atoms with van der Waals surface area (Å²) in [5.74, 6) is 0.0297. The van der Waals surface area contributed by atoms with Gasteiger partial charge in [0.1, 0.15) is 0 Å². The highest BCUT2D eigenvalue weighted by Gasteiger charge is 2.61. The smallest absolute Gasteiger partial charge is 0.364 e. The molecule has 1 unspecified atom stereocenters. The van der Waals surface area contributed by atoms with Crippen molar-refractivity contribution in [2.75, 3.05) is 0 Å². The summed E-state index contributed by atoms with van der Waals surface area (Å²) in [7, 11) is 0. The molecule has 5 rings (SSSR count). The number of fused-ring (bicyclic) bond motifs is 2. The summed E-state index contributed by atoms with van der Waals surface area (Å²) in [6.07, 6.45) is -1.65. The van der Waals surface area contributed by atoms with Crippen molar-refractivity contribution in [3.8, 4) is 6.07 Å². The second kappa shape index (κ2) is 6.34. The number of nitrogens with one attached hydrogen (secondary N) is 1. The molecule has 0 spiro atoms. The number of benzene rings is 2. The number of hydrogen-bond acceptors (Lipinski definition) is 3. The van der Waals surface area contributed by atoms with Crippen LogP contribution < -0.4 is 0 Å². The van der Waals surface area contributed by atoms with Gasteiger partial charge in [0, 0.05) is 35.8 Å². The van der Waals surface area contributed by atoms with E-state index >= 15 is 0 Å². The second-order valence-corrected chi connectivity index (χ2v) is 8.32. The quantitative estimate of drug-likeness (QED) is 0.641. The lowest BCUT2D eigenvalue weighted by Gasteiger charge is -2.40. The molecule has 4 nitrogen and oxygen atoms in total. The highest BCUT2D eigenvalue weighted by atomic mass is 19.4. The molecule has 0 radical (unpaired) electrons. The minimum atomic E-state index is -4.91. The van der Waals surface area contributed by atoms with Gasteiger partial charge in [0.05, 0.1) is 11.6 Å². The first-order valence-electron chi connectivity index (χ1n) is 9.91. The molecule has 0 saturated heterocycles. The largest absolute Gasteiger partial charge is 0.435 e. The number of aryl methyl sites for hydroxylation is 1. The van der Waals surface area contributed by atoms with Gasteiger partial charge < -0.3 is 10.1 Å². The number of aromatic amines is 1. The van der Waals surface area contributed by atoms with Crippen molar-refractivity contribution in [2.45, 2.75) is 50.7 Å². The van der Waals surface area contributed by atoms with Gasteiger partial charge in [-0.05, 0) is 66.1 Å². The molecule has 1 aromatic heterocycles. The zero-order chi connectivity index (χ0) is 21.3. The van der Waals surface area contributed by atoms with E-state index in [1.807, 2.05) is 13.0 Å².